The summed E-state index contributed by atoms with van der Waals surface area (Å²) in [7, 11) is 0. The van der Waals surface area contributed by atoms with Gasteiger partial charge in [-0.1, -0.05) is 6.92 Å². The molecule has 2 amide bonds. The van der Waals surface area contributed by atoms with Crippen molar-refractivity contribution in [3.63, 3.8) is 0 Å². The second-order valence-electron chi connectivity index (χ2n) is 6.95. The summed E-state index contributed by atoms with van der Waals surface area (Å²) < 4.78 is 0. The van der Waals surface area contributed by atoms with Gasteiger partial charge in [0, 0.05) is 24.3 Å². The van der Waals surface area contributed by atoms with Crippen LogP contribution in [-0.2, 0) is 0 Å². The average molecular weight is 386 g/mol. The smallest absolute Gasteiger partial charge is 0.345 e. The molecule has 1 aliphatic rings. The molecule has 1 saturated heterocycles. The predicted octanol–water partition coefficient (Wildman–Crippen LogP) is 3.88. The molecule has 0 bridgehead atoms. The van der Waals surface area contributed by atoms with Crippen molar-refractivity contribution in [2.24, 2.45) is 5.92 Å². The molecule has 6 nitrogen and oxygen atoms in total. The molecule has 0 spiro atoms. The van der Waals surface area contributed by atoms with Gasteiger partial charge in [0.15, 0.2) is 0 Å². The van der Waals surface area contributed by atoms with Crippen molar-refractivity contribution in [1.82, 2.24) is 4.90 Å². The second kappa shape index (κ2) is 7.92. The van der Waals surface area contributed by atoms with E-state index < -0.39 is 5.97 Å². The first-order valence-electron chi connectivity index (χ1n) is 8.89. The van der Waals surface area contributed by atoms with Gasteiger partial charge >= 0.3 is 5.97 Å². The minimum absolute atomic E-state index is 0.0203. The Bertz CT molecular complexity index is 890. The van der Waals surface area contributed by atoms with Gasteiger partial charge in [-0.05, 0) is 61.6 Å². The van der Waals surface area contributed by atoms with Crippen LogP contribution in [0.2, 0.25) is 0 Å². The maximum atomic E-state index is 12.7. The number of piperidine rings is 1. The number of nitrogens with zero attached hydrogens (tertiary/aromatic N) is 1. The highest BCUT2D eigenvalue weighted by Gasteiger charge is 2.22. The number of likely N-dealkylation sites (tertiary alicyclic amines) is 1. The van der Waals surface area contributed by atoms with E-state index in [1.807, 2.05) is 11.8 Å². The first kappa shape index (κ1) is 19.1. The highest BCUT2D eigenvalue weighted by atomic mass is 32.1. The molecule has 2 heterocycles. The molecule has 27 heavy (non-hydrogen) atoms. The van der Waals surface area contributed by atoms with E-state index in [4.69, 9.17) is 5.11 Å². The molecule has 3 rings (SSSR count). The number of carboxylic acid groups (broad SMARTS) is 1. The molecule has 1 aromatic heterocycles. The Morgan fingerprint density at radius 2 is 1.93 bits per heavy atom. The fraction of sp³-hybridized carbons (Fsp3) is 0.350. The van der Waals surface area contributed by atoms with E-state index in [1.165, 1.54) is 12.1 Å². The minimum atomic E-state index is -1.05. The number of amides is 2. The van der Waals surface area contributed by atoms with Gasteiger partial charge in [-0.25, -0.2) is 4.79 Å². The summed E-state index contributed by atoms with van der Waals surface area (Å²) in [5.74, 6) is -0.875. The Hall–Kier alpha value is -2.67. The third kappa shape index (κ3) is 4.36. The Kier molecular flexibility index (Phi) is 5.60. The highest BCUT2D eigenvalue weighted by Crippen LogP contribution is 2.23. The van der Waals surface area contributed by atoms with Crippen LogP contribution in [0.1, 0.15) is 55.0 Å². The lowest BCUT2D eigenvalue weighted by molar-refractivity contribution is 0.0680. The maximum Gasteiger partial charge on any atom is 0.345 e. The third-order valence-corrected chi connectivity index (χ3v) is 5.78. The zero-order chi connectivity index (χ0) is 19.6. The summed E-state index contributed by atoms with van der Waals surface area (Å²) in [5, 5.41) is 11.7. The van der Waals surface area contributed by atoms with Crippen molar-refractivity contribution in [2.75, 3.05) is 18.4 Å². The molecular formula is C20H22N2O4S. The van der Waals surface area contributed by atoms with Gasteiger partial charge < -0.3 is 15.3 Å². The second-order valence-corrected chi connectivity index (χ2v) is 8.04. The quantitative estimate of drug-likeness (QED) is 0.835. The zero-order valence-electron chi connectivity index (χ0n) is 15.3. The Morgan fingerprint density at radius 1 is 1.19 bits per heavy atom. The molecular weight excluding hydrogens is 364 g/mol. The number of carbonyl (C=O) groups excluding carboxylic acids is 2. The monoisotopic (exact) mass is 386 g/mol. The van der Waals surface area contributed by atoms with Crippen LogP contribution in [-0.4, -0.2) is 40.9 Å². The van der Waals surface area contributed by atoms with E-state index in [2.05, 4.69) is 12.2 Å². The van der Waals surface area contributed by atoms with Crippen LogP contribution in [0, 0.1) is 12.8 Å². The standard InChI is InChI=1S/C20H22N2O4S/c1-12-4-3-9-22(11-12)19(24)14-5-6-15(13(2)10-14)21-18(23)16-7-8-17(27-16)20(25)26/h5-8,10,12H,3-4,9,11H2,1-2H3,(H,21,23)(H,25,26). The van der Waals surface area contributed by atoms with E-state index >= 15 is 0 Å². The topological polar surface area (TPSA) is 86.7 Å². The Morgan fingerprint density at radius 3 is 2.56 bits per heavy atom. The number of hydrogen-bond acceptors (Lipinski definition) is 4. The number of thiophene rings is 1. The first-order valence-corrected chi connectivity index (χ1v) is 9.71. The maximum absolute atomic E-state index is 12.7. The SMILES string of the molecule is Cc1cc(C(=O)N2CCCC(C)C2)ccc1NC(=O)c1ccc(C(=O)O)s1. The van der Waals surface area contributed by atoms with E-state index in [0.29, 0.717) is 22.0 Å². The van der Waals surface area contributed by atoms with E-state index in [1.54, 1.807) is 18.2 Å². The van der Waals surface area contributed by atoms with Crippen LogP contribution in [0.25, 0.3) is 0 Å². The van der Waals surface area contributed by atoms with Crippen LogP contribution in [0.4, 0.5) is 5.69 Å². The molecule has 0 aliphatic carbocycles. The van der Waals surface area contributed by atoms with Crippen LogP contribution < -0.4 is 5.32 Å². The zero-order valence-corrected chi connectivity index (χ0v) is 16.1. The molecule has 0 radical (unpaired) electrons. The molecule has 1 aliphatic heterocycles. The van der Waals surface area contributed by atoms with Crippen molar-refractivity contribution in [3.05, 3.63) is 51.2 Å². The molecule has 7 heteroatoms. The Balaban J connectivity index is 1.71. The van der Waals surface area contributed by atoms with Crippen molar-refractivity contribution in [3.8, 4) is 0 Å². The number of carbonyl (C=O) groups is 3. The lowest BCUT2D eigenvalue weighted by Crippen LogP contribution is -2.39. The molecule has 1 fully saturated rings. The molecule has 2 N–H and O–H groups in total. The first-order chi connectivity index (χ1) is 12.8. The van der Waals surface area contributed by atoms with E-state index in [9.17, 15) is 14.4 Å². The summed E-state index contributed by atoms with van der Waals surface area (Å²) in [5.41, 5.74) is 2.01. The van der Waals surface area contributed by atoms with Gasteiger partial charge in [0.1, 0.15) is 4.88 Å². The van der Waals surface area contributed by atoms with E-state index in [0.717, 1.165) is 42.8 Å². The minimum Gasteiger partial charge on any atom is -0.477 e. The van der Waals surface area contributed by atoms with Crippen molar-refractivity contribution in [2.45, 2.75) is 26.7 Å². The van der Waals surface area contributed by atoms with Gasteiger partial charge in [-0.3, -0.25) is 9.59 Å². The number of benzene rings is 1. The fourth-order valence-electron chi connectivity index (χ4n) is 3.25. The number of aromatic carboxylic acids is 1. The fourth-order valence-corrected chi connectivity index (χ4v) is 3.99. The summed E-state index contributed by atoms with van der Waals surface area (Å²) in [6.45, 7) is 5.55. The molecule has 1 atom stereocenters. The molecule has 0 saturated carbocycles. The molecule has 2 aromatic rings. The van der Waals surface area contributed by atoms with E-state index in [-0.39, 0.29) is 16.7 Å². The molecule has 1 aromatic carbocycles. The van der Waals surface area contributed by atoms with Crippen molar-refractivity contribution < 1.29 is 19.5 Å². The number of anilines is 1. The normalized spacial score (nSPS) is 16.8. The lowest BCUT2D eigenvalue weighted by atomic mass is 9.99. The number of hydrogen-bond donors (Lipinski definition) is 2. The van der Waals surface area contributed by atoms with Gasteiger partial charge in [0.05, 0.1) is 4.88 Å². The van der Waals surface area contributed by atoms with Gasteiger partial charge in [-0.15, -0.1) is 11.3 Å². The number of nitrogens with one attached hydrogen (secondary N) is 1. The predicted molar refractivity (Wildman–Crippen MR) is 105 cm³/mol. The van der Waals surface area contributed by atoms with Crippen LogP contribution >= 0.6 is 11.3 Å². The number of rotatable bonds is 4. The van der Waals surface area contributed by atoms with Gasteiger partial charge in [-0.2, -0.15) is 0 Å². The average Bonchev–Trinajstić information content (AvgIpc) is 3.13. The highest BCUT2D eigenvalue weighted by molar-refractivity contribution is 7.15. The largest absolute Gasteiger partial charge is 0.477 e. The van der Waals surface area contributed by atoms with Crippen molar-refractivity contribution >= 4 is 34.8 Å². The van der Waals surface area contributed by atoms with Gasteiger partial charge in [0.2, 0.25) is 0 Å². The third-order valence-electron chi connectivity index (χ3n) is 4.71. The summed E-state index contributed by atoms with van der Waals surface area (Å²) in [6.07, 6.45) is 2.18. The van der Waals surface area contributed by atoms with Crippen molar-refractivity contribution in [1.29, 1.82) is 0 Å². The van der Waals surface area contributed by atoms with Crippen LogP contribution in [0.15, 0.2) is 30.3 Å². The van der Waals surface area contributed by atoms with Crippen LogP contribution in [0.3, 0.4) is 0 Å². The van der Waals surface area contributed by atoms with Gasteiger partial charge in [0.25, 0.3) is 11.8 Å². The Labute approximate surface area is 161 Å². The number of carboxylic acids is 1. The summed E-state index contributed by atoms with van der Waals surface area (Å²) in [6, 6.07) is 8.14. The molecule has 142 valence electrons. The lowest BCUT2D eigenvalue weighted by Gasteiger charge is -2.31. The molecule has 1 unspecified atom stereocenters. The van der Waals surface area contributed by atoms with Crippen LogP contribution in [0.5, 0.6) is 0 Å². The summed E-state index contributed by atoms with van der Waals surface area (Å²) in [4.78, 5) is 38.3. The summed E-state index contributed by atoms with van der Waals surface area (Å²) >= 11 is 0.929. The number of aryl methyl sites for hydroxylation is 1.